The van der Waals surface area contributed by atoms with Crippen LogP contribution in [0.2, 0.25) is 0 Å². The maximum absolute atomic E-state index is 10.3. The van der Waals surface area contributed by atoms with Crippen molar-refractivity contribution in [3.63, 3.8) is 0 Å². The first-order valence-electron chi connectivity index (χ1n) is 5.22. The van der Waals surface area contributed by atoms with Crippen molar-refractivity contribution < 1.29 is 19.3 Å². The summed E-state index contributed by atoms with van der Waals surface area (Å²) >= 11 is 0. The number of hydrogen-bond donors (Lipinski definition) is 0. The van der Waals surface area contributed by atoms with E-state index >= 15 is 0 Å². The van der Waals surface area contributed by atoms with Gasteiger partial charge in [-0.1, -0.05) is 6.42 Å². The van der Waals surface area contributed by atoms with E-state index in [0.29, 0.717) is 25.6 Å². The van der Waals surface area contributed by atoms with Crippen molar-refractivity contribution in [3.8, 4) is 0 Å². The lowest BCUT2D eigenvalue weighted by atomic mass is 9.87. The van der Waals surface area contributed by atoms with Crippen molar-refractivity contribution in [2.45, 2.75) is 38.7 Å². The summed E-state index contributed by atoms with van der Waals surface area (Å²) in [5, 5.41) is 0. The number of carbonyl (C=O) groups excluding carboxylic acids is 1. The van der Waals surface area contributed by atoms with Gasteiger partial charge in [0.15, 0.2) is 0 Å². The molecule has 0 amide bonds. The molecule has 1 rings (SSSR count). The second kappa shape index (κ2) is 6.79. The van der Waals surface area contributed by atoms with Gasteiger partial charge in [-0.15, -0.1) is 0 Å². The SMILES string of the molecule is CCOOCC1CCCCC1OC=O. The quantitative estimate of drug-likeness (QED) is 0.284. The number of rotatable bonds is 6. The molecule has 4 heteroatoms. The fourth-order valence-corrected chi connectivity index (χ4v) is 1.83. The molecule has 1 aliphatic carbocycles. The van der Waals surface area contributed by atoms with Crippen molar-refractivity contribution >= 4 is 6.47 Å². The van der Waals surface area contributed by atoms with E-state index in [-0.39, 0.29) is 6.10 Å². The average Bonchev–Trinajstić information content (AvgIpc) is 2.21. The van der Waals surface area contributed by atoms with E-state index in [2.05, 4.69) is 0 Å². The normalized spacial score (nSPS) is 27.2. The average molecular weight is 202 g/mol. The number of carbonyl (C=O) groups is 1. The predicted molar refractivity (Wildman–Crippen MR) is 50.5 cm³/mol. The highest BCUT2D eigenvalue weighted by atomic mass is 17.2. The van der Waals surface area contributed by atoms with Gasteiger partial charge in [0, 0.05) is 5.92 Å². The van der Waals surface area contributed by atoms with E-state index in [0.717, 1.165) is 19.3 Å². The monoisotopic (exact) mass is 202 g/mol. The van der Waals surface area contributed by atoms with Crippen LogP contribution in [-0.2, 0) is 19.3 Å². The smallest absolute Gasteiger partial charge is 0.293 e. The minimum atomic E-state index is 0.0155. The molecule has 1 aliphatic rings. The summed E-state index contributed by atoms with van der Waals surface area (Å²) in [5.41, 5.74) is 0. The lowest BCUT2D eigenvalue weighted by Gasteiger charge is -2.29. The summed E-state index contributed by atoms with van der Waals surface area (Å²) in [6, 6.07) is 0. The zero-order valence-corrected chi connectivity index (χ0v) is 8.61. The van der Waals surface area contributed by atoms with Gasteiger partial charge >= 0.3 is 0 Å². The molecule has 1 fully saturated rings. The molecule has 1 saturated carbocycles. The molecule has 0 spiro atoms. The summed E-state index contributed by atoms with van der Waals surface area (Å²) in [4.78, 5) is 20.1. The van der Waals surface area contributed by atoms with E-state index in [1.54, 1.807) is 0 Å². The molecule has 0 aromatic carbocycles. The molecule has 4 nitrogen and oxygen atoms in total. The van der Waals surface area contributed by atoms with E-state index in [1.165, 1.54) is 6.42 Å². The van der Waals surface area contributed by atoms with Gasteiger partial charge < -0.3 is 4.74 Å². The van der Waals surface area contributed by atoms with Crippen LogP contribution in [0.1, 0.15) is 32.6 Å². The van der Waals surface area contributed by atoms with Crippen LogP contribution < -0.4 is 0 Å². The third kappa shape index (κ3) is 3.64. The van der Waals surface area contributed by atoms with Crippen LogP contribution >= 0.6 is 0 Å². The van der Waals surface area contributed by atoms with Gasteiger partial charge in [0.05, 0.1) is 13.2 Å². The van der Waals surface area contributed by atoms with Crippen molar-refractivity contribution in [2.75, 3.05) is 13.2 Å². The molecule has 0 aromatic rings. The van der Waals surface area contributed by atoms with Crippen LogP contribution in [-0.4, -0.2) is 25.8 Å². The Morgan fingerprint density at radius 1 is 1.29 bits per heavy atom. The van der Waals surface area contributed by atoms with Crippen LogP contribution in [0.25, 0.3) is 0 Å². The highest BCUT2D eigenvalue weighted by Gasteiger charge is 2.26. The Bertz CT molecular complexity index is 160. The minimum Gasteiger partial charge on any atom is -0.464 e. The Morgan fingerprint density at radius 3 is 2.79 bits per heavy atom. The summed E-state index contributed by atoms with van der Waals surface area (Å²) in [6.45, 7) is 3.47. The van der Waals surface area contributed by atoms with Crippen LogP contribution in [0, 0.1) is 5.92 Å². The topological polar surface area (TPSA) is 44.8 Å². The van der Waals surface area contributed by atoms with Gasteiger partial charge in [-0.25, -0.2) is 9.78 Å². The Morgan fingerprint density at radius 2 is 2.07 bits per heavy atom. The van der Waals surface area contributed by atoms with Crippen LogP contribution in [0.4, 0.5) is 0 Å². The third-order valence-corrected chi connectivity index (χ3v) is 2.55. The second-order valence-corrected chi connectivity index (χ2v) is 3.51. The molecule has 0 N–H and O–H groups in total. The molecule has 0 heterocycles. The van der Waals surface area contributed by atoms with E-state index < -0.39 is 0 Å². The molecule has 2 atom stereocenters. The fourth-order valence-electron chi connectivity index (χ4n) is 1.83. The van der Waals surface area contributed by atoms with Gasteiger partial charge in [0.2, 0.25) is 0 Å². The minimum absolute atomic E-state index is 0.0155. The van der Waals surface area contributed by atoms with E-state index in [1.807, 2.05) is 6.92 Å². The third-order valence-electron chi connectivity index (χ3n) is 2.55. The van der Waals surface area contributed by atoms with Crippen molar-refractivity contribution in [1.29, 1.82) is 0 Å². The van der Waals surface area contributed by atoms with Crippen molar-refractivity contribution in [2.24, 2.45) is 5.92 Å². The van der Waals surface area contributed by atoms with Crippen molar-refractivity contribution in [1.82, 2.24) is 0 Å². The Kier molecular flexibility index (Phi) is 5.56. The molecule has 0 saturated heterocycles. The maximum atomic E-state index is 10.3. The number of hydrogen-bond acceptors (Lipinski definition) is 4. The highest BCUT2D eigenvalue weighted by molar-refractivity contribution is 5.37. The maximum Gasteiger partial charge on any atom is 0.293 e. The zero-order valence-electron chi connectivity index (χ0n) is 8.61. The molecule has 0 aromatic heterocycles. The summed E-state index contributed by atoms with van der Waals surface area (Å²) in [7, 11) is 0. The Hall–Kier alpha value is -0.610. The largest absolute Gasteiger partial charge is 0.464 e. The Balaban J connectivity index is 2.26. The molecular weight excluding hydrogens is 184 g/mol. The molecule has 0 aliphatic heterocycles. The summed E-state index contributed by atoms with van der Waals surface area (Å²) in [5.74, 6) is 0.292. The van der Waals surface area contributed by atoms with E-state index in [9.17, 15) is 4.79 Å². The molecule has 0 radical (unpaired) electrons. The van der Waals surface area contributed by atoms with Gasteiger partial charge in [-0.05, 0) is 26.2 Å². The lowest BCUT2D eigenvalue weighted by molar-refractivity contribution is -0.302. The highest BCUT2D eigenvalue weighted by Crippen LogP contribution is 2.26. The summed E-state index contributed by atoms with van der Waals surface area (Å²) < 4.78 is 5.01. The first kappa shape index (κ1) is 11.5. The first-order chi connectivity index (χ1) is 6.88. The van der Waals surface area contributed by atoms with Gasteiger partial charge in [0.1, 0.15) is 6.10 Å². The van der Waals surface area contributed by atoms with Crippen LogP contribution in [0.15, 0.2) is 0 Å². The standard InChI is InChI=1S/C10H18O4/c1-2-13-14-7-9-5-3-4-6-10(9)12-8-11/h8-10H,2-7H2,1H3. The second-order valence-electron chi connectivity index (χ2n) is 3.51. The van der Waals surface area contributed by atoms with E-state index in [4.69, 9.17) is 14.5 Å². The van der Waals surface area contributed by atoms with Gasteiger partial charge in [-0.3, -0.25) is 4.79 Å². The summed E-state index contributed by atoms with van der Waals surface area (Å²) in [6.07, 6.45) is 4.31. The van der Waals surface area contributed by atoms with Crippen LogP contribution in [0.5, 0.6) is 0 Å². The molecular formula is C10H18O4. The van der Waals surface area contributed by atoms with Crippen LogP contribution in [0.3, 0.4) is 0 Å². The molecule has 82 valence electrons. The molecule has 14 heavy (non-hydrogen) atoms. The number of ether oxygens (including phenoxy) is 1. The molecule has 0 bridgehead atoms. The first-order valence-corrected chi connectivity index (χ1v) is 5.22. The molecule has 2 unspecified atom stereocenters. The fraction of sp³-hybridized carbons (Fsp3) is 0.900. The van der Waals surface area contributed by atoms with Gasteiger partial charge in [-0.2, -0.15) is 0 Å². The predicted octanol–water partition coefficient (Wildman–Crippen LogP) is 1.69. The lowest BCUT2D eigenvalue weighted by Crippen LogP contribution is -2.30. The zero-order chi connectivity index (χ0) is 10.2. The van der Waals surface area contributed by atoms with Crippen molar-refractivity contribution in [3.05, 3.63) is 0 Å². The Labute approximate surface area is 84.4 Å². The van der Waals surface area contributed by atoms with Gasteiger partial charge in [0.25, 0.3) is 6.47 Å².